The minimum atomic E-state index is 0.583. The molecule has 1 fully saturated rings. The van der Waals surface area contributed by atoms with Crippen molar-refractivity contribution in [2.75, 3.05) is 29.4 Å². The van der Waals surface area contributed by atoms with Crippen LogP contribution in [-0.2, 0) is 0 Å². The average molecular weight is 245 g/mol. The lowest BCUT2D eigenvalue weighted by Gasteiger charge is -2.24. The number of hydrogen-bond acceptors (Lipinski definition) is 5. The summed E-state index contributed by atoms with van der Waals surface area (Å²) in [6.45, 7) is 7.13. The molecule has 1 aromatic rings. The second-order valence-corrected chi connectivity index (χ2v) is 5.07. The van der Waals surface area contributed by atoms with Gasteiger partial charge in [0.05, 0.1) is 12.9 Å². The van der Waals surface area contributed by atoms with Crippen LogP contribution < -0.4 is 9.80 Å². The van der Waals surface area contributed by atoms with Crippen LogP contribution in [0.25, 0.3) is 0 Å². The van der Waals surface area contributed by atoms with Crippen LogP contribution in [0.4, 0.5) is 11.8 Å². The Kier molecular flexibility index (Phi) is 2.89. The van der Waals surface area contributed by atoms with E-state index in [1.54, 1.807) is 0 Å². The molecule has 18 heavy (non-hydrogen) atoms. The van der Waals surface area contributed by atoms with Crippen LogP contribution in [0.2, 0.25) is 0 Å². The van der Waals surface area contributed by atoms with E-state index < -0.39 is 0 Å². The quantitative estimate of drug-likeness (QED) is 0.794. The van der Waals surface area contributed by atoms with Gasteiger partial charge in [-0.3, -0.25) is 9.89 Å². The van der Waals surface area contributed by atoms with Crippen LogP contribution in [0.5, 0.6) is 0 Å². The van der Waals surface area contributed by atoms with E-state index in [1.165, 1.54) is 12.8 Å². The predicted octanol–water partition coefficient (Wildman–Crippen LogP) is 1.62. The number of anilines is 2. The van der Waals surface area contributed by atoms with Crippen molar-refractivity contribution in [3.63, 3.8) is 0 Å². The van der Waals surface area contributed by atoms with Gasteiger partial charge in [0.15, 0.2) is 0 Å². The fraction of sp³-hybridized carbons (Fsp3) is 0.615. The lowest BCUT2D eigenvalue weighted by molar-refractivity contribution is 0.725. The Morgan fingerprint density at radius 3 is 2.83 bits per heavy atom. The normalized spacial score (nSPS) is 23.1. The topological polar surface area (TPSA) is 44.6 Å². The summed E-state index contributed by atoms with van der Waals surface area (Å²) in [4.78, 5) is 17.8. The van der Waals surface area contributed by atoms with E-state index in [0.717, 1.165) is 37.1 Å². The van der Waals surface area contributed by atoms with Crippen LogP contribution in [0.15, 0.2) is 11.1 Å². The third kappa shape index (κ3) is 2.05. The molecular formula is C13H19N5. The summed E-state index contributed by atoms with van der Waals surface area (Å²) >= 11 is 0. The van der Waals surface area contributed by atoms with Gasteiger partial charge in [0, 0.05) is 30.9 Å². The highest BCUT2D eigenvalue weighted by Crippen LogP contribution is 2.25. The second-order valence-electron chi connectivity index (χ2n) is 5.07. The minimum absolute atomic E-state index is 0.583. The number of rotatable bonds is 2. The van der Waals surface area contributed by atoms with Gasteiger partial charge in [0.1, 0.15) is 5.82 Å². The van der Waals surface area contributed by atoms with Gasteiger partial charge in [-0.05, 0) is 26.7 Å². The molecule has 0 N–H and O–H groups in total. The smallest absolute Gasteiger partial charge is 0.232 e. The van der Waals surface area contributed by atoms with Gasteiger partial charge in [0.25, 0.3) is 0 Å². The van der Waals surface area contributed by atoms with Gasteiger partial charge in [-0.25, -0.2) is 4.98 Å². The molecule has 0 radical (unpaired) electrons. The SMILES string of the molecule is Cc1cc(N2CCC[C@H]2C)nc(N2C=NCC2)n1. The van der Waals surface area contributed by atoms with Crippen LogP contribution in [0.1, 0.15) is 25.5 Å². The van der Waals surface area contributed by atoms with E-state index in [2.05, 4.69) is 27.9 Å². The lowest BCUT2D eigenvalue weighted by atomic mass is 10.2. The maximum Gasteiger partial charge on any atom is 0.232 e. The van der Waals surface area contributed by atoms with E-state index >= 15 is 0 Å². The molecule has 1 saturated heterocycles. The zero-order chi connectivity index (χ0) is 12.5. The van der Waals surface area contributed by atoms with E-state index in [-0.39, 0.29) is 0 Å². The van der Waals surface area contributed by atoms with Crippen LogP contribution in [0, 0.1) is 6.92 Å². The first-order valence-electron chi connectivity index (χ1n) is 6.63. The summed E-state index contributed by atoms with van der Waals surface area (Å²) in [5, 5.41) is 0. The van der Waals surface area contributed by atoms with Gasteiger partial charge in [0.2, 0.25) is 5.95 Å². The number of aryl methyl sites for hydroxylation is 1. The predicted molar refractivity (Wildman–Crippen MR) is 73.5 cm³/mol. The molecule has 5 nitrogen and oxygen atoms in total. The summed E-state index contributed by atoms with van der Waals surface area (Å²) in [5.74, 6) is 1.84. The number of aliphatic imine (C=N–C) groups is 1. The highest BCUT2D eigenvalue weighted by atomic mass is 15.3. The standard InChI is InChI=1S/C13H19N5/c1-10-8-12(18-6-3-4-11(18)2)16-13(15-10)17-7-5-14-9-17/h8-9,11H,3-7H2,1-2H3/t11-/m1/s1. The van der Waals surface area contributed by atoms with E-state index in [4.69, 9.17) is 4.98 Å². The van der Waals surface area contributed by atoms with Gasteiger partial charge in [-0.1, -0.05) is 0 Å². The molecule has 5 heteroatoms. The van der Waals surface area contributed by atoms with Gasteiger partial charge >= 0.3 is 0 Å². The van der Waals surface area contributed by atoms with Gasteiger partial charge in [-0.15, -0.1) is 0 Å². The fourth-order valence-corrected chi connectivity index (χ4v) is 2.62. The molecule has 0 aromatic carbocycles. The Hall–Kier alpha value is -1.65. The third-order valence-corrected chi connectivity index (χ3v) is 3.62. The summed E-state index contributed by atoms with van der Waals surface area (Å²) in [5.41, 5.74) is 1.02. The molecule has 1 aromatic heterocycles. The molecule has 1 atom stereocenters. The molecule has 3 heterocycles. The first kappa shape index (κ1) is 11.4. The fourth-order valence-electron chi connectivity index (χ4n) is 2.62. The maximum atomic E-state index is 4.70. The minimum Gasteiger partial charge on any atom is -0.354 e. The lowest BCUT2D eigenvalue weighted by Crippen LogP contribution is -2.29. The molecule has 0 unspecified atom stereocenters. The first-order chi connectivity index (χ1) is 8.74. The molecule has 2 aliphatic heterocycles. The van der Waals surface area contributed by atoms with Gasteiger partial charge in [-0.2, -0.15) is 4.98 Å². The van der Waals surface area contributed by atoms with Crippen molar-refractivity contribution in [1.82, 2.24) is 9.97 Å². The van der Waals surface area contributed by atoms with Crippen LogP contribution >= 0.6 is 0 Å². The Bertz CT molecular complexity index is 470. The summed E-state index contributed by atoms with van der Waals surface area (Å²) < 4.78 is 0. The van der Waals surface area contributed by atoms with E-state index in [1.807, 2.05) is 18.2 Å². The Morgan fingerprint density at radius 1 is 1.28 bits per heavy atom. The zero-order valence-electron chi connectivity index (χ0n) is 11.0. The number of aromatic nitrogens is 2. The summed E-state index contributed by atoms with van der Waals surface area (Å²) in [6.07, 6.45) is 4.35. The molecule has 2 aliphatic rings. The molecule has 0 spiro atoms. The van der Waals surface area contributed by atoms with Crippen molar-refractivity contribution in [3.8, 4) is 0 Å². The second kappa shape index (κ2) is 4.55. The monoisotopic (exact) mass is 245 g/mol. The van der Waals surface area contributed by atoms with Gasteiger partial charge < -0.3 is 4.90 Å². The summed E-state index contributed by atoms with van der Waals surface area (Å²) in [7, 11) is 0. The molecular weight excluding hydrogens is 226 g/mol. The largest absolute Gasteiger partial charge is 0.354 e. The van der Waals surface area contributed by atoms with Crippen LogP contribution in [0.3, 0.4) is 0 Å². The van der Waals surface area contributed by atoms with Crippen molar-refractivity contribution < 1.29 is 0 Å². The van der Waals surface area contributed by atoms with Crippen molar-refractivity contribution >= 4 is 18.1 Å². The Balaban J connectivity index is 1.92. The van der Waals surface area contributed by atoms with Crippen LogP contribution in [-0.4, -0.2) is 42.0 Å². The van der Waals surface area contributed by atoms with E-state index in [0.29, 0.717) is 6.04 Å². The molecule has 0 amide bonds. The van der Waals surface area contributed by atoms with E-state index in [9.17, 15) is 0 Å². The molecule has 0 saturated carbocycles. The highest BCUT2D eigenvalue weighted by Gasteiger charge is 2.23. The molecule has 0 bridgehead atoms. The molecule has 3 rings (SSSR count). The third-order valence-electron chi connectivity index (χ3n) is 3.62. The van der Waals surface area contributed by atoms with Crippen molar-refractivity contribution in [3.05, 3.63) is 11.8 Å². The maximum absolute atomic E-state index is 4.70. The Morgan fingerprint density at radius 2 is 2.17 bits per heavy atom. The molecule has 96 valence electrons. The van der Waals surface area contributed by atoms with Crippen molar-refractivity contribution in [2.45, 2.75) is 32.7 Å². The number of hydrogen-bond donors (Lipinski definition) is 0. The zero-order valence-corrected chi connectivity index (χ0v) is 11.0. The average Bonchev–Trinajstić information content (AvgIpc) is 2.98. The Labute approximate surface area is 108 Å². The summed E-state index contributed by atoms with van der Waals surface area (Å²) in [6, 6.07) is 2.66. The molecule has 0 aliphatic carbocycles. The first-order valence-corrected chi connectivity index (χ1v) is 6.63. The van der Waals surface area contributed by atoms with Crippen molar-refractivity contribution in [1.29, 1.82) is 0 Å². The highest BCUT2D eigenvalue weighted by molar-refractivity contribution is 5.78. The van der Waals surface area contributed by atoms with Crippen molar-refractivity contribution in [2.24, 2.45) is 4.99 Å². The number of nitrogens with zero attached hydrogens (tertiary/aromatic N) is 5.